The van der Waals surface area contributed by atoms with Crippen LogP contribution in [0.2, 0.25) is 0 Å². The first-order valence-corrected chi connectivity index (χ1v) is 7.42. The van der Waals surface area contributed by atoms with Crippen molar-refractivity contribution in [2.45, 2.75) is 57.6 Å². The Morgan fingerprint density at radius 3 is 2.53 bits per heavy atom. The first-order valence-electron chi connectivity index (χ1n) is 7.42. The highest BCUT2D eigenvalue weighted by Gasteiger charge is 2.27. The zero-order valence-electron chi connectivity index (χ0n) is 11.2. The van der Waals surface area contributed by atoms with Gasteiger partial charge in [0.05, 0.1) is 6.10 Å². The van der Waals surface area contributed by atoms with Crippen LogP contribution >= 0.6 is 0 Å². The van der Waals surface area contributed by atoms with Crippen LogP contribution in [0.5, 0.6) is 0 Å². The summed E-state index contributed by atoms with van der Waals surface area (Å²) < 4.78 is 0. The second kappa shape index (κ2) is 6.72. The Bertz CT molecular complexity index is 212. The zero-order valence-corrected chi connectivity index (χ0v) is 11.2. The normalized spacial score (nSPS) is 24.2. The minimum absolute atomic E-state index is 0.106. The number of nitrogens with one attached hydrogen (secondary N) is 1. The van der Waals surface area contributed by atoms with Gasteiger partial charge in [-0.15, -0.1) is 0 Å². The maximum absolute atomic E-state index is 10.2. The molecule has 1 aliphatic carbocycles. The molecule has 17 heavy (non-hydrogen) atoms. The molecule has 1 atom stereocenters. The maximum atomic E-state index is 10.2. The van der Waals surface area contributed by atoms with Gasteiger partial charge in [-0.1, -0.05) is 32.6 Å². The summed E-state index contributed by atoms with van der Waals surface area (Å²) in [7, 11) is 0. The molecule has 0 spiro atoms. The Morgan fingerprint density at radius 1 is 1.29 bits per heavy atom. The average Bonchev–Trinajstić information content (AvgIpc) is 2.67. The van der Waals surface area contributed by atoms with Crippen LogP contribution in [0.4, 0.5) is 0 Å². The van der Waals surface area contributed by atoms with Crippen molar-refractivity contribution in [1.29, 1.82) is 0 Å². The number of hydrogen-bond donors (Lipinski definition) is 2. The Morgan fingerprint density at radius 2 is 2.00 bits per heavy atom. The van der Waals surface area contributed by atoms with Gasteiger partial charge in [-0.2, -0.15) is 0 Å². The Balaban J connectivity index is 1.71. The molecule has 1 heterocycles. The summed E-state index contributed by atoms with van der Waals surface area (Å²) in [5, 5.41) is 13.5. The molecule has 0 radical (unpaired) electrons. The van der Waals surface area contributed by atoms with E-state index >= 15 is 0 Å². The molecule has 100 valence electrons. The third-order valence-corrected chi connectivity index (χ3v) is 4.31. The maximum Gasteiger partial charge on any atom is 0.0669 e. The third kappa shape index (κ3) is 3.94. The Kier molecular flexibility index (Phi) is 5.26. The van der Waals surface area contributed by atoms with Gasteiger partial charge in [-0.25, -0.2) is 0 Å². The Hall–Kier alpha value is -0.120. The molecule has 1 aliphatic heterocycles. The predicted molar refractivity (Wildman–Crippen MR) is 71.1 cm³/mol. The van der Waals surface area contributed by atoms with Crippen molar-refractivity contribution in [3.8, 4) is 0 Å². The highest BCUT2D eigenvalue weighted by molar-refractivity contribution is 4.86. The monoisotopic (exact) mass is 240 g/mol. The van der Waals surface area contributed by atoms with Crippen LogP contribution in [0.25, 0.3) is 0 Å². The third-order valence-electron chi connectivity index (χ3n) is 4.31. The fraction of sp³-hybridized carbons (Fsp3) is 1.00. The van der Waals surface area contributed by atoms with Crippen LogP contribution in [0.3, 0.4) is 0 Å². The van der Waals surface area contributed by atoms with Gasteiger partial charge in [0.15, 0.2) is 0 Å². The fourth-order valence-electron chi connectivity index (χ4n) is 3.22. The van der Waals surface area contributed by atoms with Gasteiger partial charge in [0.2, 0.25) is 0 Å². The molecule has 2 N–H and O–H groups in total. The van der Waals surface area contributed by atoms with E-state index in [0.29, 0.717) is 6.04 Å². The number of aliphatic hydroxyl groups excluding tert-OH is 1. The Labute approximate surface area is 106 Å². The molecule has 2 aliphatic rings. The summed E-state index contributed by atoms with van der Waals surface area (Å²) in [5.74, 6) is 0.799. The fourth-order valence-corrected chi connectivity index (χ4v) is 3.22. The lowest BCUT2D eigenvalue weighted by Gasteiger charge is -2.39. The van der Waals surface area contributed by atoms with Crippen molar-refractivity contribution < 1.29 is 5.11 Å². The van der Waals surface area contributed by atoms with Gasteiger partial charge in [-0.3, -0.25) is 4.90 Å². The van der Waals surface area contributed by atoms with Crippen molar-refractivity contribution in [2.24, 2.45) is 5.92 Å². The van der Waals surface area contributed by atoms with E-state index in [2.05, 4.69) is 17.1 Å². The number of rotatable bonds is 7. The molecule has 0 amide bonds. The van der Waals surface area contributed by atoms with E-state index in [-0.39, 0.29) is 6.10 Å². The van der Waals surface area contributed by atoms with Crippen LogP contribution in [0.1, 0.15) is 45.4 Å². The predicted octanol–water partition coefficient (Wildman–Crippen LogP) is 1.61. The van der Waals surface area contributed by atoms with E-state index in [0.717, 1.165) is 38.5 Å². The first kappa shape index (κ1) is 13.3. The lowest BCUT2D eigenvalue weighted by Crippen LogP contribution is -2.58. The molecule has 2 rings (SSSR count). The number of nitrogens with zero attached hydrogens (tertiary/aromatic N) is 1. The second-order valence-electron chi connectivity index (χ2n) is 5.85. The summed E-state index contributed by atoms with van der Waals surface area (Å²) in [6, 6.07) is 0.674. The van der Waals surface area contributed by atoms with Gasteiger partial charge in [0, 0.05) is 25.7 Å². The lowest BCUT2D eigenvalue weighted by molar-refractivity contribution is 0.0549. The van der Waals surface area contributed by atoms with Gasteiger partial charge in [0.25, 0.3) is 0 Å². The molecule has 1 saturated carbocycles. The standard InChI is InChI=1S/C14H28N2O/c1-2-7-16(13-9-15-10-13)11-14(17)8-12-5-3-4-6-12/h12-15,17H,2-11H2,1H3. The van der Waals surface area contributed by atoms with E-state index in [1.807, 2.05) is 0 Å². The van der Waals surface area contributed by atoms with Crippen molar-refractivity contribution >= 4 is 0 Å². The van der Waals surface area contributed by atoms with Gasteiger partial charge < -0.3 is 10.4 Å². The highest BCUT2D eigenvalue weighted by atomic mass is 16.3. The molecule has 1 saturated heterocycles. The van der Waals surface area contributed by atoms with E-state index in [9.17, 15) is 5.11 Å². The molecule has 0 aromatic rings. The summed E-state index contributed by atoms with van der Waals surface area (Å²) >= 11 is 0. The zero-order chi connectivity index (χ0) is 12.1. The molecular weight excluding hydrogens is 212 g/mol. The van der Waals surface area contributed by atoms with E-state index < -0.39 is 0 Å². The van der Waals surface area contributed by atoms with Gasteiger partial charge in [0.1, 0.15) is 0 Å². The summed E-state index contributed by atoms with van der Waals surface area (Å²) in [6.07, 6.45) is 7.55. The van der Waals surface area contributed by atoms with E-state index in [1.165, 1.54) is 32.1 Å². The van der Waals surface area contributed by atoms with Crippen LogP contribution in [-0.4, -0.2) is 48.3 Å². The van der Waals surface area contributed by atoms with Crippen molar-refractivity contribution in [2.75, 3.05) is 26.2 Å². The number of aliphatic hydroxyl groups is 1. The van der Waals surface area contributed by atoms with Crippen molar-refractivity contribution in [1.82, 2.24) is 10.2 Å². The van der Waals surface area contributed by atoms with E-state index in [1.54, 1.807) is 0 Å². The van der Waals surface area contributed by atoms with Crippen molar-refractivity contribution in [3.63, 3.8) is 0 Å². The summed E-state index contributed by atoms with van der Waals surface area (Å²) in [6.45, 7) is 6.46. The quantitative estimate of drug-likeness (QED) is 0.710. The number of hydrogen-bond acceptors (Lipinski definition) is 3. The van der Waals surface area contributed by atoms with Crippen LogP contribution in [0.15, 0.2) is 0 Å². The average molecular weight is 240 g/mol. The molecule has 3 nitrogen and oxygen atoms in total. The largest absolute Gasteiger partial charge is 0.392 e. The summed E-state index contributed by atoms with van der Waals surface area (Å²) in [5.41, 5.74) is 0. The molecule has 1 unspecified atom stereocenters. The smallest absolute Gasteiger partial charge is 0.0669 e. The second-order valence-corrected chi connectivity index (χ2v) is 5.85. The van der Waals surface area contributed by atoms with Crippen molar-refractivity contribution in [3.05, 3.63) is 0 Å². The van der Waals surface area contributed by atoms with Crippen LogP contribution < -0.4 is 5.32 Å². The first-order chi connectivity index (χ1) is 8.29. The SMILES string of the molecule is CCCN(CC(O)CC1CCCC1)C1CNC1. The highest BCUT2D eigenvalue weighted by Crippen LogP contribution is 2.28. The topological polar surface area (TPSA) is 35.5 Å². The van der Waals surface area contributed by atoms with Gasteiger partial charge >= 0.3 is 0 Å². The minimum atomic E-state index is -0.106. The molecule has 2 fully saturated rings. The molecular formula is C14H28N2O. The van der Waals surface area contributed by atoms with Crippen LogP contribution in [0, 0.1) is 5.92 Å². The molecule has 0 aromatic heterocycles. The minimum Gasteiger partial charge on any atom is -0.392 e. The molecule has 0 bridgehead atoms. The van der Waals surface area contributed by atoms with E-state index in [4.69, 9.17) is 0 Å². The lowest BCUT2D eigenvalue weighted by atomic mass is 9.99. The molecule has 3 heteroatoms. The summed E-state index contributed by atoms with van der Waals surface area (Å²) in [4.78, 5) is 2.48. The van der Waals surface area contributed by atoms with Gasteiger partial charge in [-0.05, 0) is 25.3 Å². The molecule has 0 aromatic carbocycles. The van der Waals surface area contributed by atoms with Crippen LogP contribution in [-0.2, 0) is 0 Å².